The van der Waals surface area contributed by atoms with Crippen molar-refractivity contribution in [1.82, 2.24) is 0 Å². The van der Waals surface area contributed by atoms with Crippen LogP contribution in [0.2, 0.25) is 0 Å². The van der Waals surface area contributed by atoms with Crippen LogP contribution < -0.4 is 5.73 Å². The number of benzene rings is 1. The molecular weight excluding hydrogens is 198 g/mol. The van der Waals surface area contributed by atoms with Crippen molar-refractivity contribution in [3.05, 3.63) is 35.4 Å². The number of methoxy groups -OCH3 is 1. The van der Waals surface area contributed by atoms with Gasteiger partial charge in [-0.25, -0.2) is 0 Å². The second-order valence-electron chi connectivity index (χ2n) is 4.60. The number of aryl methyl sites for hydroxylation is 1. The third kappa shape index (κ3) is 2.28. The van der Waals surface area contributed by atoms with E-state index in [2.05, 4.69) is 24.3 Å². The quantitative estimate of drug-likeness (QED) is 0.746. The van der Waals surface area contributed by atoms with E-state index in [4.69, 9.17) is 10.5 Å². The molecule has 1 saturated carbocycles. The van der Waals surface area contributed by atoms with Gasteiger partial charge in [0.2, 0.25) is 0 Å². The second kappa shape index (κ2) is 4.98. The molecule has 0 bridgehead atoms. The maximum absolute atomic E-state index is 5.66. The Kier molecular flexibility index (Phi) is 3.62. The Labute approximate surface area is 97.8 Å². The molecule has 1 aromatic carbocycles. The van der Waals surface area contributed by atoms with Gasteiger partial charge >= 0.3 is 0 Å². The van der Waals surface area contributed by atoms with Crippen molar-refractivity contribution >= 4 is 0 Å². The number of unbranched alkanes of at least 4 members (excludes halogenated alkanes) is 1. The molecule has 16 heavy (non-hydrogen) atoms. The van der Waals surface area contributed by atoms with Gasteiger partial charge in [-0.2, -0.15) is 0 Å². The molecular formula is C14H21NO. The van der Waals surface area contributed by atoms with E-state index >= 15 is 0 Å². The molecule has 2 rings (SSSR count). The van der Waals surface area contributed by atoms with E-state index in [1.807, 2.05) is 7.11 Å². The molecule has 2 heteroatoms. The van der Waals surface area contributed by atoms with Crippen molar-refractivity contribution < 1.29 is 4.74 Å². The Bertz CT molecular complexity index is 344. The molecule has 0 aromatic heterocycles. The first kappa shape index (κ1) is 11.6. The number of hydrogen-bond donors (Lipinski definition) is 1. The SMILES string of the molecule is COC1(c2ccccc2CCCCN)CC1. The summed E-state index contributed by atoms with van der Waals surface area (Å²) in [6.45, 7) is 0.789. The maximum atomic E-state index is 5.66. The van der Waals surface area contributed by atoms with E-state index in [9.17, 15) is 0 Å². The fourth-order valence-electron chi connectivity index (χ4n) is 2.34. The van der Waals surface area contributed by atoms with Crippen LogP contribution in [0, 0.1) is 0 Å². The third-order valence-electron chi connectivity index (χ3n) is 3.50. The number of hydrogen-bond acceptors (Lipinski definition) is 2. The minimum atomic E-state index is 0.0410. The summed E-state index contributed by atoms with van der Waals surface area (Å²) in [5, 5.41) is 0. The van der Waals surface area contributed by atoms with Crippen LogP contribution in [0.1, 0.15) is 36.8 Å². The average Bonchev–Trinajstić information content (AvgIpc) is 3.11. The van der Waals surface area contributed by atoms with Gasteiger partial charge in [0.05, 0.1) is 5.60 Å². The molecule has 1 aromatic rings. The van der Waals surface area contributed by atoms with E-state index in [1.54, 1.807) is 0 Å². The number of ether oxygens (including phenoxy) is 1. The summed E-state index contributed by atoms with van der Waals surface area (Å²) in [5.74, 6) is 0. The van der Waals surface area contributed by atoms with Crippen LogP contribution >= 0.6 is 0 Å². The first-order chi connectivity index (χ1) is 7.82. The lowest BCUT2D eigenvalue weighted by molar-refractivity contribution is 0.0781. The van der Waals surface area contributed by atoms with E-state index < -0.39 is 0 Å². The topological polar surface area (TPSA) is 35.2 Å². The summed E-state index contributed by atoms with van der Waals surface area (Å²) in [7, 11) is 1.82. The van der Waals surface area contributed by atoms with Crippen molar-refractivity contribution in [2.75, 3.05) is 13.7 Å². The molecule has 2 N–H and O–H groups in total. The maximum Gasteiger partial charge on any atom is 0.0932 e. The molecule has 1 aliphatic rings. The van der Waals surface area contributed by atoms with Gasteiger partial charge in [-0.1, -0.05) is 24.3 Å². The van der Waals surface area contributed by atoms with Crippen LogP contribution in [-0.2, 0) is 16.8 Å². The molecule has 0 aliphatic heterocycles. The zero-order valence-electron chi connectivity index (χ0n) is 10.0. The van der Waals surface area contributed by atoms with E-state index in [0.717, 1.165) is 32.2 Å². The normalized spacial score (nSPS) is 17.4. The lowest BCUT2D eigenvalue weighted by Gasteiger charge is -2.18. The molecule has 1 aliphatic carbocycles. The summed E-state index contributed by atoms with van der Waals surface area (Å²) in [6.07, 6.45) is 5.73. The van der Waals surface area contributed by atoms with Gasteiger partial charge in [0.25, 0.3) is 0 Å². The van der Waals surface area contributed by atoms with Crippen LogP contribution in [0.15, 0.2) is 24.3 Å². The molecule has 0 saturated heterocycles. The molecule has 0 radical (unpaired) electrons. The zero-order valence-corrected chi connectivity index (χ0v) is 10.0. The Morgan fingerprint density at radius 3 is 2.62 bits per heavy atom. The van der Waals surface area contributed by atoms with Crippen LogP contribution in [0.4, 0.5) is 0 Å². The largest absolute Gasteiger partial charge is 0.374 e. The van der Waals surface area contributed by atoms with Crippen LogP contribution in [0.3, 0.4) is 0 Å². The number of rotatable bonds is 6. The van der Waals surface area contributed by atoms with E-state index in [-0.39, 0.29) is 5.60 Å². The Balaban J connectivity index is 2.11. The molecule has 0 amide bonds. The van der Waals surface area contributed by atoms with E-state index in [1.165, 1.54) is 17.5 Å². The minimum Gasteiger partial charge on any atom is -0.374 e. The monoisotopic (exact) mass is 219 g/mol. The van der Waals surface area contributed by atoms with Gasteiger partial charge in [-0.15, -0.1) is 0 Å². The summed E-state index contributed by atoms with van der Waals surface area (Å²) in [6, 6.07) is 8.67. The van der Waals surface area contributed by atoms with Gasteiger partial charge in [0.15, 0.2) is 0 Å². The fraction of sp³-hybridized carbons (Fsp3) is 0.571. The van der Waals surface area contributed by atoms with Crippen LogP contribution in [0.25, 0.3) is 0 Å². The zero-order chi connectivity index (χ0) is 11.4. The highest BCUT2D eigenvalue weighted by Crippen LogP contribution is 2.49. The summed E-state index contributed by atoms with van der Waals surface area (Å²) in [4.78, 5) is 0. The van der Waals surface area contributed by atoms with E-state index in [0.29, 0.717) is 0 Å². The van der Waals surface area contributed by atoms with Crippen molar-refractivity contribution in [3.63, 3.8) is 0 Å². The highest BCUT2D eigenvalue weighted by atomic mass is 16.5. The molecule has 0 heterocycles. The van der Waals surface area contributed by atoms with Crippen LogP contribution in [0.5, 0.6) is 0 Å². The molecule has 0 unspecified atom stereocenters. The highest BCUT2D eigenvalue weighted by Gasteiger charge is 2.45. The summed E-state index contributed by atoms with van der Waals surface area (Å²) >= 11 is 0. The molecule has 0 atom stereocenters. The van der Waals surface area contributed by atoms with Crippen LogP contribution in [-0.4, -0.2) is 13.7 Å². The van der Waals surface area contributed by atoms with Crippen molar-refractivity contribution in [2.24, 2.45) is 5.73 Å². The highest BCUT2D eigenvalue weighted by molar-refractivity contribution is 5.36. The average molecular weight is 219 g/mol. The minimum absolute atomic E-state index is 0.0410. The van der Waals surface area contributed by atoms with Gasteiger partial charge < -0.3 is 10.5 Å². The predicted octanol–water partition coefficient (Wildman–Crippen LogP) is 2.60. The number of nitrogens with two attached hydrogens (primary N) is 1. The summed E-state index contributed by atoms with van der Waals surface area (Å²) < 4.78 is 5.66. The van der Waals surface area contributed by atoms with Gasteiger partial charge in [0.1, 0.15) is 0 Å². The fourth-order valence-corrected chi connectivity index (χ4v) is 2.34. The molecule has 88 valence electrons. The van der Waals surface area contributed by atoms with Gasteiger partial charge in [-0.3, -0.25) is 0 Å². The smallest absolute Gasteiger partial charge is 0.0932 e. The third-order valence-corrected chi connectivity index (χ3v) is 3.50. The molecule has 1 fully saturated rings. The second-order valence-corrected chi connectivity index (χ2v) is 4.60. The molecule has 0 spiro atoms. The first-order valence-electron chi connectivity index (χ1n) is 6.16. The molecule has 2 nitrogen and oxygen atoms in total. The van der Waals surface area contributed by atoms with Crippen molar-refractivity contribution in [1.29, 1.82) is 0 Å². The lowest BCUT2D eigenvalue weighted by Crippen LogP contribution is -2.12. The lowest BCUT2D eigenvalue weighted by atomic mass is 9.96. The van der Waals surface area contributed by atoms with Crippen molar-refractivity contribution in [2.45, 2.75) is 37.7 Å². The predicted molar refractivity (Wildman–Crippen MR) is 66.4 cm³/mol. The van der Waals surface area contributed by atoms with Gasteiger partial charge in [0, 0.05) is 7.11 Å². The first-order valence-corrected chi connectivity index (χ1v) is 6.16. The summed E-state index contributed by atoms with van der Waals surface area (Å²) in [5.41, 5.74) is 8.41. The van der Waals surface area contributed by atoms with Crippen molar-refractivity contribution in [3.8, 4) is 0 Å². The standard InChI is InChI=1S/C14H21NO/c1-16-14(9-10-14)13-8-3-2-6-12(13)7-4-5-11-15/h2-3,6,8H,4-5,7,9-11,15H2,1H3. The Morgan fingerprint density at radius 1 is 1.25 bits per heavy atom. The van der Waals surface area contributed by atoms with Gasteiger partial charge in [-0.05, 0) is 49.8 Å². The Hall–Kier alpha value is -0.860. The Morgan fingerprint density at radius 2 is 2.00 bits per heavy atom.